The number of nitrogens with zero attached hydrogens (tertiary/aromatic N) is 1. The highest BCUT2D eigenvalue weighted by Gasteiger charge is 2.14. The molecule has 0 atom stereocenters. The number of benzene rings is 2. The molecule has 0 spiro atoms. The normalized spacial score (nSPS) is 13.0. The molecule has 4 rings (SSSR count). The fraction of sp³-hybridized carbons (Fsp3) is 0.263. The summed E-state index contributed by atoms with van der Waals surface area (Å²) in [6.45, 7) is 3.22. The van der Waals surface area contributed by atoms with Gasteiger partial charge in [-0.3, -0.25) is 4.79 Å². The molecule has 0 unspecified atom stereocenters. The number of fused-ring (bicyclic) bond motifs is 2. The number of nitrogens with one attached hydrogen (secondary N) is 1. The van der Waals surface area contributed by atoms with Crippen molar-refractivity contribution in [1.29, 1.82) is 0 Å². The van der Waals surface area contributed by atoms with Crippen LogP contribution >= 0.6 is 11.3 Å². The smallest absolute Gasteiger partial charge is 0.230 e. The zero-order chi connectivity index (χ0) is 17.2. The van der Waals surface area contributed by atoms with Crippen molar-refractivity contribution in [3.05, 3.63) is 47.5 Å². The van der Waals surface area contributed by atoms with Crippen molar-refractivity contribution >= 4 is 32.6 Å². The number of hydrogen-bond donors (Lipinski definition) is 1. The lowest BCUT2D eigenvalue weighted by Gasteiger charge is -2.18. The third kappa shape index (κ3) is 3.44. The molecule has 1 aliphatic rings. The summed E-state index contributed by atoms with van der Waals surface area (Å²) < 4.78 is 12.1. The van der Waals surface area contributed by atoms with E-state index < -0.39 is 0 Å². The Morgan fingerprint density at radius 3 is 2.76 bits per heavy atom. The molecular formula is C19H18N2O3S. The third-order valence-corrected chi connectivity index (χ3v) is 5.01. The van der Waals surface area contributed by atoms with Crippen molar-refractivity contribution < 1.29 is 14.3 Å². The van der Waals surface area contributed by atoms with Gasteiger partial charge in [0, 0.05) is 0 Å². The van der Waals surface area contributed by atoms with E-state index in [2.05, 4.69) is 29.4 Å². The number of thiazole rings is 1. The van der Waals surface area contributed by atoms with Gasteiger partial charge in [0.05, 0.1) is 16.6 Å². The van der Waals surface area contributed by atoms with Crippen LogP contribution in [0.1, 0.15) is 18.1 Å². The Morgan fingerprint density at radius 2 is 1.92 bits per heavy atom. The number of aromatic nitrogens is 1. The highest BCUT2D eigenvalue weighted by molar-refractivity contribution is 7.22. The Labute approximate surface area is 149 Å². The largest absolute Gasteiger partial charge is 0.486 e. The molecule has 25 heavy (non-hydrogen) atoms. The maximum Gasteiger partial charge on any atom is 0.230 e. The van der Waals surface area contributed by atoms with Gasteiger partial charge >= 0.3 is 0 Å². The van der Waals surface area contributed by atoms with E-state index in [4.69, 9.17) is 9.47 Å². The Kier molecular flexibility index (Phi) is 4.28. The van der Waals surface area contributed by atoms with E-state index in [9.17, 15) is 4.79 Å². The van der Waals surface area contributed by atoms with Gasteiger partial charge < -0.3 is 14.8 Å². The summed E-state index contributed by atoms with van der Waals surface area (Å²) in [6.07, 6.45) is 1.26. The minimum atomic E-state index is -0.0913. The number of carbonyl (C=O) groups is 1. The predicted molar refractivity (Wildman–Crippen MR) is 98.8 cm³/mol. The number of amides is 1. The molecule has 3 aromatic rings. The summed E-state index contributed by atoms with van der Waals surface area (Å²) in [4.78, 5) is 16.8. The molecule has 0 saturated carbocycles. The van der Waals surface area contributed by atoms with Gasteiger partial charge in [-0.25, -0.2) is 4.98 Å². The van der Waals surface area contributed by atoms with Crippen molar-refractivity contribution in [1.82, 2.24) is 4.98 Å². The first-order valence-corrected chi connectivity index (χ1v) is 9.11. The summed E-state index contributed by atoms with van der Waals surface area (Å²) in [5.74, 6) is 1.34. The van der Waals surface area contributed by atoms with Gasteiger partial charge in [-0.05, 0) is 41.8 Å². The van der Waals surface area contributed by atoms with Crippen LogP contribution < -0.4 is 14.8 Å². The number of rotatable bonds is 4. The Hall–Kier alpha value is -2.60. The molecule has 5 nitrogen and oxygen atoms in total. The van der Waals surface area contributed by atoms with E-state index in [1.807, 2.05) is 24.3 Å². The summed E-state index contributed by atoms with van der Waals surface area (Å²) in [6, 6.07) is 11.8. The standard InChI is InChI=1S/C19H18N2O3S/c1-2-12-3-5-14-17(10-12)25-19(20-14)21-18(22)11-13-4-6-15-16(9-13)24-8-7-23-15/h3-6,9-10H,2,7-8,11H2,1H3,(H,20,21,22). The first-order valence-electron chi connectivity index (χ1n) is 8.29. The van der Waals surface area contributed by atoms with E-state index in [1.165, 1.54) is 16.9 Å². The van der Waals surface area contributed by atoms with Crippen LogP contribution in [0, 0.1) is 0 Å². The van der Waals surface area contributed by atoms with Gasteiger partial charge in [-0.2, -0.15) is 0 Å². The van der Waals surface area contributed by atoms with Gasteiger partial charge in [0.1, 0.15) is 13.2 Å². The highest BCUT2D eigenvalue weighted by atomic mass is 32.1. The minimum absolute atomic E-state index is 0.0913. The van der Waals surface area contributed by atoms with Gasteiger partial charge in [-0.1, -0.05) is 30.4 Å². The van der Waals surface area contributed by atoms with Crippen molar-refractivity contribution in [2.45, 2.75) is 19.8 Å². The molecule has 0 fully saturated rings. The van der Waals surface area contributed by atoms with Crippen LogP contribution in [0.5, 0.6) is 11.5 Å². The summed E-state index contributed by atoms with van der Waals surface area (Å²) >= 11 is 1.50. The number of aryl methyl sites for hydroxylation is 1. The van der Waals surface area contributed by atoms with Gasteiger partial charge in [-0.15, -0.1) is 0 Å². The summed E-state index contributed by atoms with van der Waals surface area (Å²) in [7, 11) is 0. The van der Waals surface area contributed by atoms with Gasteiger partial charge in [0.2, 0.25) is 5.91 Å². The minimum Gasteiger partial charge on any atom is -0.486 e. The number of carbonyl (C=O) groups excluding carboxylic acids is 1. The van der Waals surface area contributed by atoms with Gasteiger partial charge in [0.15, 0.2) is 16.6 Å². The Balaban J connectivity index is 1.46. The van der Waals surface area contributed by atoms with Crippen molar-refractivity contribution in [3.8, 4) is 11.5 Å². The Bertz CT molecular complexity index is 936. The van der Waals surface area contributed by atoms with Crippen LogP contribution in [0.4, 0.5) is 5.13 Å². The lowest BCUT2D eigenvalue weighted by molar-refractivity contribution is -0.115. The molecule has 0 saturated heterocycles. The van der Waals surface area contributed by atoms with Crippen LogP contribution in [0.15, 0.2) is 36.4 Å². The van der Waals surface area contributed by atoms with E-state index in [-0.39, 0.29) is 12.3 Å². The zero-order valence-electron chi connectivity index (χ0n) is 13.9. The quantitative estimate of drug-likeness (QED) is 0.774. The van der Waals surface area contributed by atoms with Crippen LogP contribution in [0.3, 0.4) is 0 Å². The molecular weight excluding hydrogens is 336 g/mol. The molecule has 128 valence electrons. The van der Waals surface area contributed by atoms with Crippen molar-refractivity contribution in [3.63, 3.8) is 0 Å². The van der Waals surface area contributed by atoms with Crippen LogP contribution in [0.2, 0.25) is 0 Å². The van der Waals surface area contributed by atoms with E-state index in [0.29, 0.717) is 24.1 Å². The fourth-order valence-electron chi connectivity index (χ4n) is 2.79. The third-order valence-electron chi connectivity index (χ3n) is 4.08. The maximum absolute atomic E-state index is 12.3. The second-order valence-corrected chi connectivity index (χ2v) is 6.91. The molecule has 0 bridgehead atoms. The molecule has 2 heterocycles. The van der Waals surface area contributed by atoms with Gasteiger partial charge in [0.25, 0.3) is 0 Å². The summed E-state index contributed by atoms with van der Waals surface area (Å²) in [5.41, 5.74) is 3.07. The Morgan fingerprint density at radius 1 is 1.12 bits per heavy atom. The average molecular weight is 354 g/mol. The summed E-state index contributed by atoms with van der Waals surface area (Å²) in [5, 5.41) is 3.52. The second-order valence-electron chi connectivity index (χ2n) is 5.88. The lowest BCUT2D eigenvalue weighted by Crippen LogP contribution is -2.17. The molecule has 0 radical (unpaired) electrons. The molecule has 6 heteroatoms. The maximum atomic E-state index is 12.3. The average Bonchev–Trinajstić information content (AvgIpc) is 3.02. The van der Waals surface area contributed by atoms with Crippen molar-refractivity contribution in [2.24, 2.45) is 0 Å². The fourth-order valence-corrected chi connectivity index (χ4v) is 3.73. The van der Waals surface area contributed by atoms with Crippen LogP contribution in [-0.2, 0) is 17.6 Å². The lowest BCUT2D eigenvalue weighted by atomic mass is 10.1. The highest BCUT2D eigenvalue weighted by Crippen LogP contribution is 2.31. The van der Waals surface area contributed by atoms with E-state index in [1.54, 1.807) is 0 Å². The second kappa shape index (κ2) is 6.72. The first-order chi connectivity index (χ1) is 12.2. The monoisotopic (exact) mass is 354 g/mol. The van der Waals surface area contributed by atoms with Crippen LogP contribution in [0.25, 0.3) is 10.2 Å². The SMILES string of the molecule is CCc1ccc2nc(NC(=O)Cc3ccc4c(c3)OCCO4)sc2c1. The topological polar surface area (TPSA) is 60.5 Å². The zero-order valence-corrected chi connectivity index (χ0v) is 14.7. The number of hydrogen-bond acceptors (Lipinski definition) is 5. The van der Waals surface area contributed by atoms with Crippen LogP contribution in [-0.4, -0.2) is 24.1 Å². The van der Waals surface area contributed by atoms with E-state index in [0.717, 1.165) is 28.0 Å². The number of anilines is 1. The van der Waals surface area contributed by atoms with Crippen molar-refractivity contribution in [2.75, 3.05) is 18.5 Å². The predicted octanol–water partition coefficient (Wildman–Crippen LogP) is 3.81. The number of ether oxygens (including phenoxy) is 2. The molecule has 2 aromatic carbocycles. The molecule has 1 aliphatic heterocycles. The molecule has 1 amide bonds. The van der Waals surface area contributed by atoms with E-state index >= 15 is 0 Å². The first kappa shape index (κ1) is 15.9. The molecule has 1 N–H and O–H groups in total. The molecule has 1 aromatic heterocycles. The molecule has 0 aliphatic carbocycles.